The predicted octanol–water partition coefficient (Wildman–Crippen LogP) is 4.20. The summed E-state index contributed by atoms with van der Waals surface area (Å²) in [5.41, 5.74) is 4.38. The number of aromatic nitrogens is 2. The molecule has 3 rings (SSSR count). The Kier molecular flexibility index (Phi) is 7.06. The zero-order chi connectivity index (χ0) is 22.4. The van der Waals surface area contributed by atoms with Crippen molar-refractivity contribution in [2.24, 2.45) is 5.11 Å². The Morgan fingerprint density at radius 3 is 2.52 bits per heavy atom. The summed E-state index contributed by atoms with van der Waals surface area (Å²) in [7, 11) is 0. The van der Waals surface area contributed by atoms with Crippen molar-refractivity contribution in [1.29, 1.82) is 0 Å². The summed E-state index contributed by atoms with van der Waals surface area (Å²) < 4.78 is 1.41. The second kappa shape index (κ2) is 9.92. The third-order valence-electron chi connectivity index (χ3n) is 4.97. The molecule has 0 bridgehead atoms. The van der Waals surface area contributed by atoms with Crippen molar-refractivity contribution in [2.75, 3.05) is 6.61 Å². The molecule has 0 fully saturated rings. The predicted molar refractivity (Wildman–Crippen MR) is 120 cm³/mol. The van der Waals surface area contributed by atoms with Crippen molar-refractivity contribution >= 4 is 11.4 Å². The van der Waals surface area contributed by atoms with Gasteiger partial charge in [-0.05, 0) is 55.7 Å². The molecule has 31 heavy (non-hydrogen) atoms. The third-order valence-corrected chi connectivity index (χ3v) is 4.97. The fourth-order valence-electron chi connectivity index (χ4n) is 3.25. The van der Waals surface area contributed by atoms with E-state index in [-0.39, 0.29) is 17.9 Å². The van der Waals surface area contributed by atoms with Crippen LogP contribution in [0.25, 0.3) is 0 Å². The molecule has 0 saturated heterocycles. The summed E-state index contributed by atoms with van der Waals surface area (Å²) in [5.74, 6) is 6.29. The molecule has 0 saturated carbocycles. The number of hydrogen-bond donors (Lipinski definition) is 2. The van der Waals surface area contributed by atoms with Crippen molar-refractivity contribution in [2.45, 2.75) is 40.2 Å². The third kappa shape index (κ3) is 5.30. The monoisotopic (exact) mass is 418 g/mol. The summed E-state index contributed by atoms with van der Waals surface area (Å²) in [4.78, 5) is 13.0. The van der Waals surface area contributed by atoms with Gasteiger partial charge in [0.25, 0.3) is 5.56 Å². The van der Waals surface area contributed by atoms with Crippen LogP contribution >= 0.6 is 0 Å². The smallest absolute Gasteiger partial charge is 0.298 e. The van der Waals surface area contributed by atoms with Crippen LogP contribution in [-0.2, 0) is 6.54 Å². The van der Waals surface area contributed by atoms with E-state index in [0.29, 0.717) is 41.2 Å². The number of benzene rings is 2. The summed E-state index contributed by atoms with van der Waals surface area (Å²) in [6.45, 7) is 6.23. The normalized spacial score (nSPS) is 11.3. The van der Waals surface area contributed by atoms with Gasteiger partial charge in [-0.2, -0.15) is 0 Å². The first-order chi connectivity index (χ1) is 14.9. The topological polar surface area (TPSA) is 96.4 Å². The molecule has 7 nitrogen and oxygen atoms in total. The molecule has 3 aromatic rings. The quantitative estimate of drug-likeness (QED) is 0.206. The zero-order valence-corrected chi connectivity index (χ0v) is 18.0. The van der Waals surface area contributed by atoms with Gasteiger partial charge < -0.3 is 10.3 Å². The minimum Gasteiger partial charge on any atom is -0.594 e. The average Bonchev–Trinajstić information content (AvgIpc) is 3.01. The number of aryl methyl sites for hydroxylation is 4. The number of H-pyrrole nitrogens is 1. The lowest BCUT2D eigenvalue weighted by Gasteiger charge is -2.02. The highest BCUT2D eigenvalue weighted by atomic mass is 16.5. The van der Waals surface area contributed by atoms with E-state index in [4.69, 9.17) is 5.11 Å². The number of azo groups is 1. The maximum absolute atomic E-state index is 12.6. The maximum atomic E-state index is 12.6. The van der Waals surface area contributed by atoms with Gasteiger partial charge >= 0.3 is 0 Å². The Balaban J connectivity index is 1.88. The first kappa shape index (κ1) is 22.1. The number of unbranched alkanes of at least 4 members (excludes halogenated alkanes) is 1. The van der Waals surface area contributed by atoms with Crippen molar-refractivity contribution in [1.82, 2.24) is 9.78 Å². The second-order valence-electron chi connectivity index (χ2n) is 7.41. The van der Waals surface area contributed by atoms with Gasteiger partial charge in [0, 0.05) is 41.5 Å². The van der Waals surface area contributed by atoms with Gasteiger partial charge in [0.1, 0.15) is 0 Å². The highest BCUT2D eigenvalue weighted by molar-refractivity contribution is 5.51. The second-order valence-corrected chi connectivity index (χ2v) is 7.41. The van der Waals surface area contributed by atoms with Crippen LogP contribution in [0.5, 0.6) is 0 Å². The molecular formula is C24H26N4O3. The van der Waals surface area contributed by atoms with Crippen LogP contribution in [0.3, 0.4) is 0 Å². The lowest BCUT2D eigenvalue weighted by molar-refractivity contribution is -0.435. The van der Waals surface area contributed by atoms with E-state index in [1.54, 1.807) is 25.1 Å². The van der Waals surface area contributed by atoms with Gasteiger partial charge in [0.15, 0.2) is 0 Å². The minimum absolute atomic E-state index is 0.0721. The summed E-state index contributed by atoms with van der Waals surface area (Å²) in [6.07, 6.45) is 1.25. The lowest BCUT2D eigenvalue weighted by atomic mass is 10.0. The SMILES string of the molecule is Cc1cccc(C)c1C#Cc1cccc([N+]([O-])=Nc2c(C)[nH]n(CCCCO)c2=O)c1. The van der Waals surface area contributed by atoms with Crippen molar-refractivity contribution in [3.63, 3.8) is 0 Å². The molecule has 7 heteroatoms. The Hall–Kier alpha value is -3.63. The molecule has 1 heterocycles. The van der Waals surface area contributed by atoms with Crippen molar-refractivity contribution in [3.05, 3.63) is 86.0 Å². The summed E-state index contributed by atoms with van der Waals surface area (Å²) in [5, 5.41) is 28.4. The number of nitrogens with zero attached hydrogens (tertiary/aromatic N) is 3. The molecule has 0 atom stereocenters. The molecule has 0 aliphatic rings. The van der Waals surface area contributed by atoms with Gasteiger partial charge in [0.05, 0.1) is 5.69 Å². The fourth-order valence-corrected chi connectivity index (χ4v) is 3.25. The van der Waals surface area contributed by atoms with Gasteiger partial charge in [-0.1, -0.05) is 36.1 Å². The number of aliphatic hydroxyl groups is 1. The summed E-state index contributed by atoms with van der Waals surface area (Å²) >= 11 is 0. The Morgan fingerprint density at radius 1 is 1.10 bits per heavy atom. The van der Waals surface area contributed by atoms with E-state index in [0.717, 1.165) is 16.7 Å². The first-order valence-electron chi connectivity index (χ1n) is 10.2. The highest BCUT2D eigenvalue weighted by Gasteiger charge is 2.15. The van der Waals surface area contributed by atoms with E-state index in [9.17, 15) is 10.0 Å². The Labute approximate surface area is 181 Å². The van der Waals surface area contributed by atoms with Crippen LogP contribution in [-0.4, -0.2) is 26.4 Å². The maximum Gasteiger partial charge on any atom is 0.298 e. The van der Waals surface area contributed by atoms with Crippen molar-refractivity contribution < 1.29 is 9.97 Å². The molecule has 0 unspecified atom stereocenters. The lowest BCUT2D eigenvalue weighted by Crippen LogP contribution is -2.17. The largest absolute Gasteiger partial charge is 0.594 e. The van der Waals surface area contributed by atoms with Crippen LogP contribution in [0.15, 0.2) is 52.4 Å². The van der Waals surface area contributed by atoms with Crippen LogP contribution in [0.1, 0.15) is 40.8 Å². The van der Waals surface area contributed by atoms with Crippen LogP contribution < -0.4 is 5.56 Å². The van der Waals surface area contributed by atoms with Gasteiger partial charge in [0.2, 0.25) is 11.4 Å². The number of rotatable bonds is 6. The molecular weight excluding hydrogens is 392 g/mol. The van der Waals surface area contributed by atoms with E-state index in [1.807, 2.05) is 38.1 Å². The van der Waals surface area contributed by atoms with E-state index in [1.165, 1.54) is 4.68 Å². The molecule has 0 amide bonds. The van der Waals surface area contributed by atoms with E-state index >= 15 is 0 Å². The molecule has 0 aliphatic carbocycles. The zero-order valence-electron chi connectivity index (χ0n) is 18.0. The number of aromatic amines is 1. The summed E-state index contributed by atoms with van der Waals surface area (Å²) in [6, 6.07) is 12.9. The van der Waals surface area contributed by atoms with Crippen LogP contribution in [0, 0.1) is 37.8 Å². The number of nitrogens with one attached hydrogen (secondary N) is 1. The van der Waals surface area contributed by atoms with E-state index < -0.39 is 0 Å². The molecule has 0 radical (unpaired) electrons. The Bertz CT molecular complexity index is 1210. The first-order valence-corrected chi connectivity index (χ1v) is 10.2. The van der Waals surface area contributed by atoms with Crippen LogP contribution in [0.2, 0.25) is 0 Å². The number of hydrogen-bond acceptors (Lipinski definition) is 4. The average molecular weight is 418 g/mol. The number of aliphatic hydroxyl groups excluding tert-OH is 1. The van der Waals surface area contributed by atoms with Gasteiger partial charge in [-0.15, -0.1) is 0 Å². The van der Waals surface area contributed by atoms with Gasteiger partial charge in [-0.25, -0.2) is 0 Å². The molecule has 2 N–H and O–H groups in total. The highest BCUT2D eigenvalue weighted by Crippen LogP contribution is 2.19. The van der Waals surface area contributed by atoms with Gasteiger partial charge in [-0.3, -0.25) is 14.6 Å². The molecule has 0 spiro atoms. The standard InChI is InChI=1S/C24H26N4O3/c1-17-8-6-9-18(2)22(17)13-12-20-10-7-11-21(16-20)28(31)26-23-19(3)25-27(24(23)30)14-4-5-15-29/h6-11,16,25,29H,4-5,14-15H2,1-3H3. The molecule has 2 aromatic carbocycles. The fraction of sp³-hybridized carbons (Fsp3) is 0.292. The molecule has 1 aromatic heterocycles. The Morgan fingerprint density at radius 2 is 1.81 bits per heavy atom. The molecule has 160 valence electrons. The van der Waals surface area contributed by atoms with E-state index in [2.05, 4.69) is 22.1 Å². The van der Waals surface area contributed by atoms with Crippen LogP contribution in [0.4, 0.5) is 11.4 Å². The van der Waals surface area contributed by atoms with Crippen molar-refractivity contribution in [3.8, 4) is 11.8 Å². The minimum atomic E-state index is -0.359. The molecule has 0 aliphatic heterocycles.